The van der Waals surface area contributed by atoms with Crippen molar-refractivity contribution in [3.8, 4) is 0 Å². The lowest BCUT2D eigenvalue weighted by molar-refractivity contribution is -0.384. The van der Waals surface area contributed by atoms with Crippen LogP contribution in [0.25, 0.3) is 0 Å². The largest absolute Gasteiger partial charge is 0.385 e. The Bertz CT molecular complexity index is 405. The molecule has 0 aliphatic rings. The zero-order chi connectivity index (χ0) is 14.1. The molecule has 1 aromatic rings. The maximum absolute atomic E-state index is 10.8. The highest BCUT2D eigenvalue weighted by Gasteiger charge is 2.10. The molecule has 1 aromatic carbocycles. The Hall–Kier alpha value is -1.58. The lowest BCUT2D eigenvalue weighted by atomic mass is 10.1. The lowest BCUT2D eigenvalue weighted by Crippen LogP contribution is -2.05. The molecule has 106 valence electrons. The van der Waals surface area contributed by atoms with Gasteiger partial charge in [-0.3, -0.25) is 10.1 Å². The van der Waals surface area contributed by atoms with E-state index in [-0.39, 0.29) is 10.6 Å². The quantitative estimate of drug-likeness (QED) is 0.404. The fourth-order valence-corrected chi connectivity index (χ4v) is 2.04. The van der Waals surface area contributed by atoms with E-state index in [1.807, 2.05) is 6.07 Å². The van der Waals surface area contributed by atoms with Crippen molar-refractivity contribution in [2.45, 2.75) is 52.4 Å². The van der Waals surface area contributed by atoms with Crippen LogP contribution in [0, 0.1) is 10.1 Å². The summed E-state index contributed by atoms with van der Waals surface area (Å²) in [5, 5.41) is 14.2. The standard InChI is InChI=1S/C15H24N2O2/c1-3-5-7-11-16-15-10-9-14(17(18)19)12-13(15)8-6-4-2/h9-10,12,16H,3-8,11H2,1-2H3. The highest BCUT2D eigenvalue weighted by Crippen LogP contribution is 2.24. The number of nitro benzene ring substituents is 1. The Kier molecular flexibility index (Phi) is 6.93. The van der Waals surface area contributed by atoms with Crippen molar-refractivity contribution in [2.75, 3.05) is 11.9 Å². The summed E-state index contributed by atoms with van der Waals surface area (Å²) in [6.07, 6.45) is 6.60. The number of nitrogens with zero attached hydrogens (tertiary/aromatic N) is 1. The summed E-state index contributed by atoms with van der Waals surface area (Å²) in [6.45, 7) is 5.25. The lowest BCUT2D eigenvalue weighted by Gasteiger charge is -2.11. The van der Waals surface area contributed by atoms with Gasteiger partial charge in [-0.05, 0) is 30.9 Å². The zero-order valence-corrected chi connectivity index (χ0v) is 11.9. The Morgan fingerprint density at radius 1 is 1.16 bits per heavy atom. The molecule has 0 atom stereocenters. The van der Waals surface area contributed by atoms with Crippen molar-refractivity contribution < 1.29 is 4.92 Å². The predicted octanol–water partition coefficient (Wildman–Crippen LogP) is 4.54. The number of hydrogen-bond donors (Lipinski definition) is 1. The molecule has 0 heterocycles. The second-order valence-corrected chi connectivity index (χ2v) is 4.84. The summed E-state index contributed by atoms with van der Waals surface area (Å²) in [5.74, 6) is 0. The van der Waals surface area contributed by atoms with E-state index >= 15 is 0 Å². The number of hydrogen-bond acceptors (Lipinski definition) is 3. The zero-order valence-electron chi connectivity index (χ0n) is 11.9. The number of rotatable bonds is 9. The molecule has 19 heavy (non-hydrogen) atoms. The minimum Gasteiger partial charge on any atom is -0.385 e. The second-order valence-electron chi connectivity index (χ2n) is 4.84. The van der Waals surface area contributed by atoms with E-state index in [0.29, 0.717) is 0 Å². The first-order valence-electron chi connectivity index (χ1n) is 7.20. The maximum atomic E-state index is 10.8. The molecule has 0 aliphatic heterocycles. The van der Waals surface area contributed by atoms with E-state index < -0.39 is 0 Å². The van der Waals surface area contributed by atoms with Crippen LogP contribution < -0.4 is 5.32 Å². The summed E-state index contributed by atoms with van der Waals surface area (Å²) < 4.78 is 0. The van der Waals surface area contributed by atoms with Gasteiger partial charge in [0.2, 0.25) is 0 Å². The van der Waals surface area contributed by atoms with E-state index in [1.54, 1.807) is 12.1 Å². The van der Waals surface area contributed by atoms with Gasteiger partial charge in [-0.15, -0.1) is 0 Å². The highest BCUT2D eigenvalue weighted by molar-refractivity contribution is 5.56. The normalized spacial score (nSPS) is 10.4. The first-order chi connectivity index (χ1) is 9.19. The van der Waals surface area contributed by atoms with Gasteiger partial charge < -0.3 is 5.32 Å². The molecule has 1 N–H and O–H groups in total. The molecule has 0 aliphatic carbocycles. The van der Waals surface area contributed by atoms with Gasteiger partial charge in [-0.25, -0.2) is 0 Å². The fraction of sp³-hybridized carbons (Fsp3) is 0.600. The summed E-state index contributed by atoms with van der Waals surface area (Å²) in [7, 11) is 0. The summed E-state index contributed by atoms with van der Waals surface area (Å²) in [5.41, 5.74) is 2.30. The monoisotopic (exact) mass is 264 g/mol. The molecule has 4 heteroatoms. The van der Waals surface area contributed by atoms with Crippen LogP contribution in [0.1, 0.15) is 51.5 Å². The van der Waals surface area contributed by atoms with E-state index in [2.05, 4.69) is 19.2 Å². The van der Waals surface area contributed by atoms with Crippen molar-refractivity contribution in [1.29, 1.82) is 0 Å². The van der Waals surface area contributed by atoms with Crippen molar-refractivity contribution in [3.05, 3.63) is 33.9 Å². The van der Waals surface area contributed by atoms with Gasteiger partial charge in [0.05, 0.1) is 4.92 Å². The van der Waals surface area contributed by atoms with E-state index in [1.165, 1.54) is 12.8 Å². The molecular weight excluding hydrogens is 240 g/mol. The van der Waals surface area contributed by atoms with E-state index in [4.69, 9.17) is 0 Å². The van der Waals surface area contributed by atoms with Crippen LogP contribution >= 0.6 is 0 Å². The van der Waals surface area contributed by atoms with Crippen molar-refractivity contribution in [3.63, 3.8) is 0 Å². The average molecular weight is 264 g/mol. The van der Waals surface area contributed by atoms with Crippen LogP contribution in [-0.2, 0) is 6.42 Å². The number of non-ortho nitro benzene ring substituents is 1. The number of nitrogens with one attached hydrogen (secondary N) is 1. The third kappa shape index (κ3) is 5.28. The topological polar surface area (TPSA) is 55.2 Å². The molecule has 0 saturated carbocycles. The Morgan fingerprint density at radius 2 is 1.89 bits per heavy atom. The Morgan fingerprint density at radius 3 is 2.53 bits per heavy atom. The summed E-state index contributed by atoms with van der Waals surface area (Å²) >= 11 is 0. The molecule has 0 saturated heterocycles. The molecule has 4 nitrogen and oxygen atoms in total. The van der Waals surface area contributed by atoms with Crippen LogP contribution in [-0.4, -0.2) is 11.5 Å². The average Bonchev–Trinajstić information content (AvgIpc) is 2.41. The van der Waals surface area contributed by atoms with Crippen LogP contribution in [0.2, 0.25) is 0 Å². The Balaban J connectivity index is 2.73. The van der Waals surface area contributed by atoms with Crippen LogP contribution in [0.5, 0.6) is 0 Å². The molecule has 0 amide bonds. The summed E-state index contributed by atoms with van der Waals surface area (Å²) in [6, 6.07) is 5.13. The molecule has 0 unspecified atom stereocenters. The first-order valence-corrected chi connectivity index (χ1v) is 7.20. The molecule has 1 rings (SSSR count). The van der Waals surface area contributed by atoms with Gasteiger partial charge in [0.25, 0.3) is 5.69 Å². The van der Waals surface area contributed by atoms with E-state index in [0.717, 1.165) is 43.5 Å². The SMILES string of the molecule is CCCCCNc1ccc([N+](=O)[O-])cc1CCCC. The number of anilines is 1. The van der Waals surface area contributed by atoms with Crippen LogP contribution in [0.3, 0.4) is 0 Å². The third-order valence-corrected chi connectivity index (χ3v) is 3.20. The van der Waals surface area contributed by atoms with Gasteiger partial charge in [-0.2, -0.15) is 0 Å². The van der Waals surface area contributed by atoms with Gasteiger partial charge in [-0.1, -0.05) is 33.1 Å². The minimum atomic E-state index is -0.323. The van der Waals surface area contributed by atoms with Crippen molar-refractivity contribution in [2.24, 2.45) is 0 Å². The number of benzene rings is 1. The van der Waals surface area contributed by atoms with Crippen LogP contribution in [0.4, 0.5) is 11.4 Å². The number of nitro groups is 1. The minimum absolute atomic E-state index is 0.185. The third-order valence-electron chi connectivity index (χ3n) is 3.20. The maximum Gasteiger partial charge on any atom is 0.269 e. The van der Waals surface area contributed by atoms with Crippen LogP contribution in [0.15, 0.2) is 18.2 Å². The first kappa shape index (κ1) is 15.5. The number of aryl methyl sites for hydroxylation is 1. The van der Waals surface area contributed by atoms with E-state index in [9.17, 15) is 10.1 Å². The van der Waals surface area contributed by atoms with Gasteiger partial charge in [0.15, 0.2) is 0 Å². The second kappa shape index (κ2) is 8.51. The molecule has 0 bridgehead atoms. The molecule has 0 spiro atoms. The van der Waals surface area contributed by atoms with Gasteiger partial charge >= 0.3 is 0 Å². The van der Waals surface area contributed by atoms with Gasteiger partial charge in [0.1, 0.15) is 0 Å². The van der Waals surface area contributed by atoms with Crippen molar-refractivity contribution >= 4 is 11.4 Å². The molecular formula is C15H24N2O2. The predicted molar refractivity (Wildman–Crippen MR) is 79.7 cm³/mol. The highest BCUT2D eigenvalue weighted by atomic mass is 16.6. The Labute approximate surface area is 115 Å². The fourth-order valence-electron chi connectivity index (χ4n) is 2.04. The summed E-state index contributed by atoms with van der Waals surface area (Å²) in [4.78, 5) is 10.5. The van der Waals surface area contributed by atoms with Gasteiger partial charge in [0, 0.05) is 24.4 Å². The number of unbranched alkanes of at least 4 members (excludes halogenated alkanes) is 3. The van der Waals surface area contributed by atoms with Crippen molar-refractivity contribution in [1.82, 2.24) is 0 Å². The molecule has 0 radical (unpaired) electrons. The smallest absolute Gasteiger partial charge is 0.269 e. The molecule has 0 aromatic heterocycles. The molecule has 0 fully saturated rings.